The number of halogens is 1. The monoisotopic (exact) mass is 356 g/mol. The molecule has 0 radical (unpaired) electrons. The summed E-state index contributed by atoms with van der Waals surface area (Å²) in [6.07, 6.45) is 6.91. The van der Waals surface area contributed by atoms with Crippen molar-refractivity contribution in [3.63, 3.8) is 0 Å². The Kier molecular flexibility index (Phi) is 6.89. The van der Waals surface area contributed by atoms with Gasteiger partial charge in [-0.1, -0.05) is 36.4 Å². The van der Waals surface area contributed by atoms with Crippen molar-refractivity contribution >= 4 is 24.2 Å². The fourth-order valence-electron chi connectivity index (χ4n) is 2.79. The number of nitrogens with two attached hydrogens (primary N) is 2. The van der Waals surface area contributed by atoms with Crippen molar-refractivity contribution in [1.82, 2.24) is 5.43 Å². The van der Waals surface area contributed by atoms with Crippen LogP contribution in [0.25, 0.3) is 12.2 Å². The van der Waals surface area contributed by atoms with E-state index in [4.69, 9.17) is 10.6 Å². The topological polar surface area (TPSA) is 84.4 Å². The van der Waals surface area contributed by atoms with Gasteiger partial charge in [-0.2, -0.15) is 0 Å². The van der Waals surface area contributed by atoms with E-state index in [-0.39, 0.29) is 5.82 Å². The van der Waals surface area contributed by atoms with E-state index in [2.05, 4.69) is 24.1 Å². The lowest BCUT2D eigenvalue weighted by Gasteiger charge is -2.18. The van der Waals surface area contributed by atoms with Crippen LogP contribution in [-0.2, 0) is 4.79 Å². The number of nitrogens with one attached hydrogen (secondary N) is 1. The van der Waals surface area contributed by atoms with Crippen LogP contribution in [0.15, 0.2) is 36.4 Å². The first-order chi connectivity index (χ1) is 12.5. The number of carbonyl (C=O) groups excluding carboxylic acids is 1. The Balaban J connectivity index is 0.000000552. The molecule has 0 spiro atoms. The van der Waals surface area contributed by atoms with E-state index in [0.29, 0.717) is 17.9 Å². The highest BCUT2D eigenvalue weighted by atomic mass is 19.1. The van der Waals surface area contributed by atoms with Crippen molar-refractivity contribution in [2.75, 3.05) is 12.1 Å². The number of hydrazine groups is 2. The van der Waals surface area contributed by atoms with Gasteiger partial charge in [0.15, 0.2) is 0 Å². The molecule has 26 heavy (non-hydrogen) atoms. The second-order valence-corrected chi connectivity index (χ2v) is 6.24. The molecule has 5 N–H and O–H groups in total. The van der Waals surface area contributed by atoms with Gasteiger partial charge >= 0.3 is 0 Å². The normalized spacial score (nSPS) is 13.1. The highest BCUT2D eigenvalue weighted by Crippen LogP contribution is 2.44. The Labute approximate surface area is 153 Å². The van der Waals surface area contributed by atoms with E-state index in [9.17, 15) is 4.39 Å². The van der Waals surface area contributed by atoms with Gasteiger partial charge in [-0.15, -0.1) is 0 Å². The largest absolute Gasteiger partial charge is 0.314 e. The lowest BCUT2D eigenvalue weighted by atomic mass is 9.99. The summed E-state index contributed by atoms with van der Waals surface area (Å²) >= 11 is 0. The molecule has 1 amide bonds. The van der Waals surface area contributed by atoms with Crippen LogP contribution in [0.2, 0.25) is 0 Å². The van der Waals surface area contributed by atoms with Crippen molar-refractivity contribution in [2.24, 2.45) is 11.7 Å². The van der Waals surface area contributed by atoms with Gasteiger partial charge in [-0.3, -0.25) is 10.2 Å². The summed E-state index contributed by atoms with van der Waals surface area (Å²) in [6.45, 7) is 1.80. The molecule has 6 heteroatoms. The smallest absolute Gasteiger partial charge is 0.221 e. The summed E-state index contributed by atoms with van der Waals surface area (Å²) < 4.78 is 13.7. The molecule has 5 nitrogen and oxygen atoms in total. The Morgan fingerprint density at radius 2 is 1.85 bits per heavy atom. The quantitative estimate of drug-likeness (QED) is 0.253. The van der Waals surface area contributed by atoms with E-state index in [0.717, 1.165) is 16.8 Å². The standard InChI is InChI=1S/C19H21FN2.CH4N2O/c1-13-14(5-3-7-18(13)20)11-12-17-16(15-9-10-15)6-4-8-19(17)22(2)21;2-3-1-4/h3-8,11-12,15H,9-10,21H2,1-2H3;1H,2H2,(H,3,4)/b12-11+;. The van der Waals surface area contributed by atoms with E-state index >= 15 is 0 Å². The van der Waals surface area contributed by atoms with Crippen molar-refractivity contribution in [3.8, 4) is 0 Å². The highest BCUT2D eigenvalue weighted by Gasteiger charge is 2.26. The molecule has 1 aliphatic rings. The summed E-state index contributed by atoms with van der Waals surface area (Å²) in [6, 6.07) is 11.4. The number of amides is 1. The fraction of sp³-hybridized carbons (Fsp3) is 0.250. The van der Waals surface area contributed by atoms with Crippen LogP contribution < -0.4 is 22.1 Å². The predicted octanol–water partition coefficient (Wildman–Crippen LogP) is 3.10. The predicted molar refractivity (Wildman–Crippen MR) is 104 cm³/mol. The molecular formula is C20H25FN4O. The van der Waals surface area contributed by atoms with Gasteiger partial charge in [-0.05, 0) is 54.5 Å². The zero-order valence-corrected chi connectivity index (χ0v) is 15.1. The Bertz CT molecular complexity index is 765. The average Bonchev–Trinajstić information content (AvgIpc) is 3.48. The third-order valence-electron chi connectivity index (χ3n) is 4.32. The van der Waals surface area contributed by atoms with Crippen LogP contribution in [-0.4, -0.2) is 13.5 Å². The molecule has 0 heterocycles. The molecule has 2 aromatic carbocycles. The summed E-state index contributed by atoms with van der Waals surface area (Å²) in [5.41, 5.74) is 6.79. The lowest BCUT2D eigenvalue weighted by Crippen LogP contribution is -2.26. The van der Waals surface area contributed by atoms with Crippen LogP contribution >= 0.6 is 0 Å². The third kappa shape index (κ3) is 4.91. The van der Waals surface area contributed by atoms with E-state index in [1.807, 2.05) is 25.3 Å². The number of hydrogen-bond acceptors (Lipinski definition) is 4. The third-order valence-corrected chi connectivity index (χ3v) is 4.32. The van der Waals surface area contributed by atoms with Gasteiger partial charge in [0.1, 0.15) is 5.82 Å². The van der Waals surface area contributed by atoms with Gasteiger partial charge in [0.25, 0.3) is 0 Å². The second kappa shape index (κ2) is 9.12. The number of anilines is 1. The molecule has 1 fully saturated rings. The van der Waals surface area contributed by atoms with Crippen molar-refractivity contribution < 1.29 is 9.18 Å². The minimum atomic E-state index is -0.172. The number of rotatable bonds is 5. The SMILES string of the molecule is Cc1c(F)cccc1/C=C/c1c(C2CC2)cccc1N(C)N.NNC=O. The van der Waals surface area contributed by atoms with Gasteiger partial charge in [0.05, 0.1) is 5.69 Å². The maximum atomic E-state index is 13.7. The van der Waals surface area contributed by atoms with E-state index < -0.39 is 0 Å². The maximum absolute atomic E-state index is 13.7. The summed E-state index contributed by atoms with van der Waals surface area (Å²) in [5.74, 6) is 10.8. The Morgan fingerprint density at radius 1 is 1.19 bits per heavy atom. The number of carbonyl (C=O) groups is 1. The fourth-order valence-corrected chi connectivity index (χ4v) is 2.79. The number of nitrogens with zero attached hydrogens (tertiary/aromatic N) is 1. The van der Waals surface area contributed by atoms with Crippen LogP contribution in [0, 0.1) is 12.7 Å². The minimum absolute atomic E-state index is 0.172. The molecule has 0 atom stereocenters. The Hall–Kier alpha value is -2.70. The first-order valence-electron chi connectivity index (χ1n) is 8.43. The zero-order valence-electron chi connectivity index (χ0n) is 15.1. The molecule has 0 aliphatic heterocycles. The van der Waals surface area contributed by atoms with E-state index in [1.54, 1.807) is 23.4 Å². The minimum Gasteiger partial charge on any atom is -0.314 e. The molecule has 1 saturated carbocycles. The number of hydrogen-bond donors (Lipinski definition) is 3. The summed E-state index contributed by atoms with van der Waals surface area (Å²) in [4.78, 5) is 8.94. The first-order valence-corrected chi connectivity index (χ1v) is 8.43. The summed E-state index contributed by atoms with van der Waals surface area (Å²) in [5, 5.41) is 1.64. The molecule has 0 saturated heterocycles. The highest BCUT2D eigenvalue weighted by molar-refractivity contribution is 5.80. The molecule has 3 rings (SSSR count). The van der Waals surface area contributed by atoms with Gasteiger partial charge in [0, 0.05) is 12.6 Å². The molecule has 0 aromatic heterocycles. The van der Waals surface area contributed by atoms with Gasteiger partial charge in [-0.25, -0.2) is 16.1 Å². The molecule has 0 bridgehead atoms. The molecule has 1 aliphatic carbocycles. The molecular weight excluding hydrogens is 331 g/mol. The van der Waals surface area contributed by atoms with Crippen molar-refractivity contribution in [1.29, 1.82) is 0 Å². The van der Waals surface area contributed by atoms with Crippen molar-refractivity contribution in [3.05, 3.63) is 64.5 Å². The second-order valence-electron chi connectivity index (χ2n) is 6.24. The van der Waals surface area contributed by atoms with Crippen LogP contribution in [0.5, 0.6) is 0 Å². The zero-order chi connectivity index (χ0) is 19.1. The lowest BCUT2D eigenvalue weighted by molar-refractivity contribution is -0.109. The maximum Gasteiger partial charge on any atom is 0.221 e. The van der Waals surface area contributed by atoms with Crippen LogP contribution in [0.1, 0.15) is 41.0 Å². The molecule has 0 unspecified atom stereocenters. The van der Waals surface area contributed by atoms with Gasteiger partial charge < -0.3 is 5.01 Å². The van der Waals surface area contributed by atoms with Crippen LogP contribution in [0.4, 0.5) is 10.1 Å². The average molecular weight is 356 g/mol. The van der Waals surface area contributed by atoms with Crippen molar-refractivity contribution in [2.45, 2.75) is 25.7 Å². The van der Waals surface area contributed by atoms with Crippen LogP contribution in [0.3, 0.4) is 0 Å². The molecule has 2 aromatic rings. The first kappa shape index (κ1) is 19.6. The summed E-state index contributed by atoms with van der Waals surface area (Å²) in [7, 11) is 1.84. The van der Waals surface area contributed by atoms with Gasteiger partial charge in [0.2, 0.25) is 6.41 Å². The Morgan fingerprint density at radius 3 is 2.42 bits per heavy atom. The number of benzene rings is 2. The van der Waals surface area contributed by atoms with E-state index in [1.165, 1.54) is 24.5 Å². The molecule has 138 valence electrons.